The van der Waals surface area contributed by atoms with E-state index in [1.54, 1.807) is 0 Å². The van der Waals surface area contributed by atoms with E-state index in [9.17, 15) is 9.59 Å². The van der Waals surface area contributed by atoms with Gasteiger partial charge in [-0.15, -0.1) is 11.8 Å². The van der Waals surface area contributed by atoms with E-state index >= 15 is 0 Å². The number of para-hydroxylation sites is 1. The van der Waals surface area contributed by atoms with Crippen LogP contribution in [-0.2, 0) is 9.59 Å². The van der Waals surface area contributed by atoms with Gasteiger partial charge in [0.2, 0.25) is 11.8 Å². The van der Waals surface area contributed by atoms with Crippen molar-refractivity contribution in [2.45, 2.75) is 17.1 Å². The van der Waals surface area contributed by atoms with Crippen LogP contribution in [0.1, 0.15) is 6.92 Å². The van der Waals surface area contributed by atoms with Crippen LogP contribution >= 0.6 is 23.4 Å². The number of nitrogens with zero attached hydrogens (tertiary/aromatic N) is 2. The van der Waals surface area contributed by atoms with Crippen LogP contribution in [0.5, 0.6) is 0 Å². The minimum atomic E-state index is -0.201. The molecule has 0 saturated carbocycles. The summed E-state index contributed by atoms with van der Waals surface area (Å²) < 4.78 is 0. The van der Waals surface area contributed by atoms with Crippen LogP contribution in [0.15, 0.2) is 59.5 Å². The molecule has 1 fully saturated rings. The molecule has 1 heterocycles. The van der Waals surface area contributed by atoms with E-state index in [1.807, 2.05) is 66.4 Å². The van der Waals surface area contributed by atoms with Gasteiger partial charge < -0.3 is 10.2 Å². The van der Waals surface area contributed by atoms with Crippen molar-refractivity contribution in [1.82, 2.24) is 9.80 Å². The smallest absolute Gasteiger partial charge is 0.238 e. The number of piperazine rings is 1. The molecule has 3 rings (SSSR count). The fourth-order valence-corrected chi connectivity index (χ4v) is 4.33. The molecular weight excluding hydrogens is 394 g/mol. The monoisotopic (exact) mass is 417 g/mol. The number of carbonyl (C=O) groups excluding carboxylic acids is 2. The maximum absolute atomic E-state index is 12.7. The molecule has 28 heavy (non-hydrogen) atoms. The lowest BCUT2D eigenvalue weighted by Crippen LogP contribution is -2.52. The Kier molecular flexibility index (Phi) is 7.36. The Morgan fingerprint density at radius 2 is 1.68 bits per heavy atom. The summed E-state index contributed by atoms with van der Waals surface area (Å²) in [4.78, 5) is 29.8. The molecule has 1 aliphatic heterocycles. The first-order valence-electron chi connectivity index (χ1n) is 9.30. The number of benzene rings is 2. The normalized spacial score (nSPS) is 15.9. The van der Waals surface area contributed by atoms with Gasteiger partial charge in [-0.1, -0.05) is 41.9 Å². The zero-order valence-corrected chi connectivity index (χ0v) is 17.4. The zero-order valence-electron chi connectivity index (χ0n) is 15.8. The van der Waals surface area contributed by atoms with Gasteiger partial charge in [0.25, 0.3) is 0 Å². The number of amides is 2. The summed E-state index contributed by atoms with van der Waals surface area (Å²) in [7, 11) is 0. The number of carbonyl (C=O) groups is 2. The van der Waals surface area contributed by atoms with Crippen LogP contribution in [0.3, 0.4) is 0 Å². The second kappa shape index (κ2) is 9.96. The van der Waals surface area contributed by atoms with Crippen LogP contribution in [0, 0.1) is 0 Å². The van der Waals surface area contributed by atoms with Crippen molar-refractivity contribution in [2.75, 3.05) is 38.0 Å². The van der Waals surface area contributed by atoms with Gasteiger partial charge in [-0.3, -0.25) is 14.5 Å². The highest BCUT2D eigenvalue weighted by Crippen LogP contribution is 2.30. The number of rotatable bonds is 6. The lowest BCUT2D eigenvalue weighted by molar-refractivity contribution is -0.132. The average Bonchev–Trinajstić information content (AvgIpc) is 2.70. The van der Waals surface area contributed by atoms with Gasteiger partial charge >= 0.3 is 0 Å². The Hall–Kier alpha value is -2.02. The molecule has 1 N–H and O–H groups in total. The molecular formula is C21H24ClN3O2S. The van der Waals surface area contributed by atoms with Crippen molar-refractivity contribution >= 4 is 40.9 Å². The number of hydrogen-bond donors (Lipinski definition) is 1. The first-order chi connectivity index (χ1) is 13.5. The SMILES string of the molecule is CC(Sc1ccccc1Cl)C(=O)N1CCN(CC(=O)Nc2ccccc2)CC1. The Morgan fingerprint density at radius 3 is 2.36 bits per heavy atom. The van der Waals surface area contributed by atoms with Gasteiger partial charge in [-0.25, -0.2) is 0 Å². The van der Waals surface area contributed by atoms with Gasteiger partial charge in [0, 0.05) is 36.8 Å². The molecule has 2 amide bonds. The van der Waals surface area contributed by atoms with Crippen LogP contribution in [-0.4, -0.2) is 59.6 Å². The highest BCUT2D eigenvalue weighted by molar-refractivity contribution is 8.00. The van der Waals surface area contributed by atoms with Gasteiger partial charge in [-0.05, 0) is 31.2 Å². The first kappa shape index (κ1) is 20.7. The second-order valence-corrected chi connectivity index (χ2v) is 8.50. The fraction of sp³-hybridized carbons (Fsp3) is 0.333. The molecule has 0 bridgehead atoms. The van der Waals surface area contributed by atoms with E-state index in [-0.39, 0.29) is 17.1 Å². The molecule has 2 aromatic carbocycles. The van der Waals surface area contributed by atoms with Gasteiger partial charge in [0.05, 0.1) is 16.8 Å². The summed E-state index contributed by atoms with van der Waals surface area (Å²) in [5, 5.41) is 3.36. The number of hydrogen-bond acceptors (Lipinski definition) is 4. The largest absolute Gasteiger partial charge is 0.339 e. The fourth-order valence-electron chi connectivity index (χ4n) is 3.09. The second-order valence-electron chi connectivity index (χ2n) is 6.71. The zero-order chi connectivity index (χ0) is 19.9. The maximum Gasteiger partial charge on any atom is 0.238 e. The summed E-state index contributed by atoms with van der Waals surface area (Å²) >= 11 is 7.68. The van der Waals surface area contributed by atoms with Crippen LogP contribution in [0.25, 0.3) is 0 Å². The van der Waals surface area contributed by atoms with Crippen molar-refractivity contribution in [3.05, 3.63) is 59.6 Å². The van der Waals surface area contributed by atoms with Crippen LogP contribution in [0.2, 0.25) is 5.02 Å². The maximum atomic E-state index is 12.7. The quantitative estimate of drug-likeness (QED) is 0.729. The molecule has 0 radical (unpaired) electrons. The lowest BCUT2D eigenvalue weighted by Gasteiger charge is -2.35. The van der Waals surface area contributed by atoms with E-state index in [4.69, 9.17) is 11.6 Å². The van der Waals surface area contributed by atoms with E-state index in [1.165, 1.54) is 11.8 Å². The van der Waals surface area contributed by atoms with Crippen LogP contribution in [0.4, 0.5) is 5.69 Å². The molecule has 5 nitrogen and oxygen atoms in total. The van der Waals surface area contributed by atoms with E-state index < -0.39 is 0 Å². The molecule has 148 valence electrons. The van der Waals surface area contributed by atoms with Crippen molar-refractivity contribution in [2.24, 2.45) is 0 Å². The number of thioether (sulfide) groups is 1. The van der Waals surface area contributed by atoms with Crippen molar-refractivity contribution in [1.29, 1.82) is 0 Å². The summed E-state index contributed by atoms with van der Waals surface area (Å²) in [5.74, 6) is 0.0759. The summed E-state index contributed by atoms with van der Waals surface area (Å²) in [6, 6.07) is 17.0. The molecule has 1 unspecified atom stereocenters. The van der Waals surface area contributed by atoms with Crippen LogP contribution < -0.4 is 5.32 Å². The van der Waals surface area contributed by atoms with Crippen molar-refractivity contribution in [3.63, 3.8) is 0 Å². The highest BCUT2D eigenvalue weighted by atomic mass is 35.5. The third-order valence-electron chi connectivity index (χ3n) is 4.60. The minimum Gasteiger partial charge on any atom is -0.339 e. The Bertz CT molecular complexity index is 810. The third-order valence-corrected chi connectivity index (χ3v) is 6.20. The molecule has 1 aliphatic rings. The number of halogens is 1. The minimum absolute atomic E-state index is 0.0337. The van der Waals surface area contributed by atoms with Gasteiger partial charge in [-0.2, -0.15) is 0 Å². The van der Waals surface area contributed by atoms with E-state index in [0.29, 0.717) is 37.7 Å². The molecule has 2 aromatic rings. The molecule has 1 saturated heterocycles. The molecule has 0 aliphatic carbocycles. The summed E-state index contributed by atoms with van der Waals surface area (Å²) in [6.45, 7) is 4.89. The Balaban J connectivity index is 1.44. The Labute approximate surface area is 175 Å². The first-order valence-corrected chi connectivity index (χ1v) is 10.6. The molecule has 7 heteroatoms. The lowest BCUT2D eigenvalue weighted by atomic mass is 10.2. The predicted octanol–water partition coefficient (Wildman–Crippen LogP) is 3.60. The highest BCUT2D eigenvalue weighted by Gasteiger charge is 2.26. The predicted molar refractivity (Wildman–Crippen MR) is 115 cm³/mol. The third kappa shape index (κ3) is 5.74. The van der Waals surface area contributed by atoms with Crippen molar-refractivity contribution < 1.29 is 9.59 Å². The summed E-state index contributed by atoms with van der Waals surface area (Å²) in [6.07, 6.45) is 0. The van der Waals surface area contributed by atoms with Gasteiger partial charge in [0.15, 0.2) is 0 Å². The topological polar surface area (TPSA) is 52.7 Å². The van der Waals surface area contributed by atoms with Gasteiger partial charge in [0.1, 0.15) is 0 Å². The standard InChI is InChI=1S/C21H24ClN3O2S/c1-16(28-19-10-6-5-9-18(19)22)21(27)25-13-11-24(12-14-25)15-20(26)23-17-7-3-2-4-8-17/h2-10,16H,11-15H2,1H3,(H,23,26). The molecule has 1 atom stereocenters. The van der Waals surface area contributed by atoms with Crippen molar-refractivity contribution in [3.8, 4) is 0 Å². The number of nitrogens with one attached hydrogen (secondary N) is 1. The molecule has 0 spiro atoms. The van der Waals surface area contributed by atoms with E-state index in [2.05, 4.69) is 10.2 Å². The average molecular weight is 418 g/mol. The summed E-state index contributed by atoms with van der Waals surface area (Å²) in [5.41, 5.74) is 0.798. The number of anilines is 1. The molecule has 0 aromatic heterocycles. The van der Waals surface area contributed by atoms with E-state index in [0.717, 1.165) is 10.6 Å². The Morgan fingerprint density at radius 1 is 1.04 bits per heavy atom.